The Morgan fingerprint density at radius 1 is 1.47 bits per heavy atom. The van der Waals surface area contributed by atoms with E-state index in [2.05, 4.69) is 20.6 Å². The van der Waals surface area contributed by atoms with Crippen LogP contribution in [0.2, 0.25) is 5.15 Å². The van der Waals surface area contributed by atoms with Gasteiger partial charge >= 0.3 is 0 Å². The van der Waals surface area contributed by atoms with Gasteiger partial charge in [0.1, 0.15) is 12.0 Å². The monoisotopic (exact) mass is 256 g/mol. The van der Waals surface area contributed by atoms with Gasteiger partial charge in [0.15, 0.2) is 11.0 Å². The minimum Gasteiger partial charge on any atom is -0.392 e. The Kier molecular flexibility index (Phi) is 3.14. The van der Waals surface area contributed by atoms with Gasteiger partial charge in [-0.2, -0.15) is 0 Å². The van der Waals surface area contributed by atoms with Crippen molar-refractivity contribution < 1.29 is 5.11 Å². The fourth-order valence-corrected chi connectivity index (χ4v) is 2.24. The van der Waals surface area contributed by atoms with Crippen LogP contribution in [0.25, 0.3) is 0 Å². The van der Waals surface area contributed by atoms with E-state index in [1.165, 1.54) is 6.33 Å². The number of anilines is 2. The normalized spacial score (nSPS) is 26.2. The molecule has 0 spiro atoms. The van der Waals surface area contributed by atoms with Gasteiger partial charge in [0.05, 0.1) is 6.10 Å². The van der Waals surface area contributed by atoms with E-state index >= 15 is 0 Å². The molecule has 0 amide bonds. The molecule has 1 aromatic heterocycles. The minimum atomic E-state index is -0.268. The van der Waals surface area contributed by atoms with Gasteiger partial charge < -0.3 is 15.7 Å². The molecular formula is C11H17ClN4O. The van der Waals surface area contributed by atoms with Crippen LogP contribution in [-0.4, -0.2) is 34.3 Å². The lowest BCUT2D eigenvalue weighted by molar-refractivity contribution is -0.0511. The molecule has 17 heavy (non-hydrogen) atoms. The second-order valence-electron chi connectivity index (χ2n) is 4.91. The van der Waals surface area contributed by atoms with Crippen LogP contribution in [0.15, 0.2) is 6.33 Å². The van der Waals surface area contributed by atoms with Crippen LogP contribution in [0.5, 0.6) is 0 Å². The first kappa shape index (κ1) is 12.4. The van der Waals surface area contributed by atoms with Crippen LogP contribution in [-0.2, 0) is 0 Å². The first-order valence-electron chi connectivity index (χ1n) is 5.59. The van der Waals surface area contributed by atoms with Gasteiger partial charge in [-0.15, -0.1) is 0 Å². The van der Waals surface area contributed by atoms with Gasteiger partial charge in [0.25, 0.3) is 0 Å². The van der Waals surface area contributed by atoms with Gasteiger partial charge in [-0.3, -0.25) is 0 Å². The van der Waals surface area contributed by atoms with Crippen molar-refractivity contribution in [1.82, 2.24) is 9.97 Å². The standard InChI is InChI=1S/C11H17ClN4O/c1-11(2)6(4-7(11)17)16-10-8(13-3)9(12)14-5-15-10/h5-7,13,17H,4H2,1-3H3,(H,14,15,16). The molecule has 0 radical (unpaired) electrons. The Labute approximate surface area is 106 Å². The molecule has 1 aliphatic carbocycles. The Morgan fingerprint density at radius 2 is 2.18 bits per heavy atom. The maximum absolute atomic E-state index is 9.69. The highest BCUT2D eigenvalue weighted by atomic mass is 35.5. The van der Waals surface area contributed by atoms with Crippen molar-refractivity contribution in [1.29, 1.82) is 0 Å². The van der Waals surface area contributed by atoms with E-state index in [0.717, 1.165) is 6.42 Å². The van der Waals surface area contributed by atoms with Crippen molar-refractivity contribution in [3.05, 3.63) is 11.5 Å². The number of rotatable bonds is 3. The fourth-order valence-electron chi connectivity index (χ4n) is 2.01. The molecular weight excluding hydrogens is 240 g/mol. The third-order valence-corrected chi connectivity index (χ3v) is 3.86. The summed E-state index contributed by atoms with van der Waals surface area (Å²) in [6.07, 6.45) is 1.88. The Balaban J connectivity index is 2.18. The van der Waals surface area contributed by atoms with Crippen molar-refractivity contribution in [2.75, 3.05) is 17.7 Å². The molecule has 2 unspecified atom stereocenters. The third-order valence-electron chi connectivity index (χ3n) is 3.58. The van der Waals surface area contributed by atoms with Gasteiger partial charge in [0.2, 0.25) is 0 Å². The highest BCUT2D eigenvalue weighted by Crippen LogP contribution is 2.43. The topological polar surface area (TPSA) is 70.1 Å². The maximum Gasteiger partial charge on any atom is 0.157 e. The lowest BCUT2D eigenvalue weighted by Crippen LogP contribution is -2.57. The van der Waals surface area contributed by atoms with Crippen molar-refractivity contribution in [2.24, 2.45) is 5.41 Å². The summed E-state index contributed by atoms with van der Waals surface area (Å²) in [5.41, 5.74) is 0.536. The molecule has 6 heteroatoms. The summed E-state index contributed by atoms with van der Waals surface area (Å²) in [6.45, 7) is 4.06. The van der Waals surface area contributed by atoms with Crippen LogP contribution in [0.4, 0.5) is 11.5 Å². The second-order valence-corrected chi connectivity index (χ2v) is 5.27. The smallest absolute Gasteiger partial charge is 0.157 e. The summed E-state index contributed by atoms with van der Waals surface area (Å²) in [6, 6.07) is 0.190. The zero-order valence-electron chi connectivity index (χ0n) is 10.2. The molecule has 2 atom stereocenters. The van der Waals surface area contributed by atoms with E-state index in [4.69, 9.17) is 11.6 Å². The van der Waals surface area contributed by atoms with E-state index in [9.17, 15) is 5.11 Å². The number of aliphatic hydroxyl groups excluding tert-OH is 1. The van der Waals surface area contributed by atoms with Crippen molar-refractivity contribution >= 4 is 23.1 Å². The number of aliphatic hydroxyl groups is 1. The first-order valence-corrected chi connectivity index (χ1v) is 5.97. The van der Waals surface area contributed by atoms with E-state index in [1.54, 1.807) is 7.05 Å². The molecule has 1 heterocycles. The van der Waals surface area contributed by atoms with E-state index < -0.39 is 0 Å². The number of hydrogen-bond acceptors (Lipinski definition) is 5. The summed E-state index contributed by atoms with van der Waals surface area (Å²) in [5, 5.41) is 16.4. The Hall–Kier alpha value is -1.07. The Morgan fingerprint density at radius 3 is 2.71 bits per heavy atom. The third kappa shape index (κ3) is 2.05. The van der Waals surface area contributed by atoms with Crippen LogP contribution in [0.1, 0.15) is 20.3 Å². The predicted molar refractivity (Wildman–Crippen MR) is 68.4 cm³/mol. The predicted octanol–water partition coefficient (Wildman–Crippen LogP) is 1.74. The minimum absolute atomic E-state index is 0.150. The van der Waals surface area contributed by atoms with Gasteiger partial charge in [-0.1, -0.05) is 25.4 Å². The Bertz CT molecular complexity index is 424. The summed E-state index contributed by atoms with van der Waals surface area (Å²) < 4.78 is 0. The quantitative estimate of drug-likeness (QED) is 0.719. The van der Waals surface area contributed by atoms with E-state index in [1.807, 2.05) is 13.8 Å². The number of aromatic nitrogens is 2. The summed E-state index contributed by atoms with van der Waals surface area (Å²) in [5.74, 6) is 0.678. The van der Waals surface area contributed by atoms with E-state index in [0.29, 0.717) is 16.7 Å². The van der Waals surface area contributed by atoms with Gasteiger partial charge in [-0.05, 0) is 6.42 Å². The van der Waals surface area contributed by atoms with Crippen LogP contribution in [0.3, 0.4) is 0 Å². The van der Waals surface area contributed by atoms with Crippen molar-refractivity contribution in [3.63, 3.8) is 0 Å². The zero-order chi connectivity index (χ0) is 12.6. The highest BCUT2D eigenvalue weighted by Gasteiger charge is 2.47. The van der Waals surface area contributed by atoms with Crippen molar-refractivity contribution in [2.45, 2.75) is 32.4 Å². The molecule has 5 nitrogen and oxygen atoms in total. The SMILES string of the molecule is CNc1c(Cl)ncnc1NC1CC(O)C1(C)C. The van der Waals surface area contributed by atoms with Gasteiger partial charge in [0, 0.05) is 18.5 Å². The molecule has 1 aromatic rings. The molecule has 0 bridgehead atoms. The molecule has 2 rings (SSSR count). The number of hydrogen-bond donors (Lipinski definition) is 3. The molecule has 0 aliphatic heterocycles. The fraction of sp³-hybridized carbons (Fsp3) is 0.636. The van der Waals surface area contributed by atoms with E-state index in [-0.39, 0.29) is 17.6 Å². The molecule has 3 N–H and O–H groups in total. The number of nitrogens with one attached hydrogen (secondary N) is 2. The molecule has 1 saturated carbocycles. The zero-order valence-corrected chi connectivity index (χ0v) is 10.9. The largest absolute Gasteiger partial charge is 0.392 e. The molecule has 0 saturated heterocycles. The molecule has 1 fully saturated rings. The maximum atomic E-state index is 9.69. The first-order chi connectivity index (χ1) is 7.96. The molecule has 94 valence electrons. The number of halogens is 1. The summed E-state index contributed by atoms with van der Waals surface area (Å²) in [4.78, 5) is 8.09. The summed E-state index contributed by atoms with van der Waals surface area (Å²) in [7, 11) is 1.77. The number of nitrogens with zero attached hydrogens (tertiary/aromatic N) is 2. The average molecular weight is 257 g/mol. The highest BCUT2D eigenvalue weighted by molar-refractivity contribution is 6.32. The second kappa shape index (κ2) is 4.31. The van der Waals surface area contributed by atoms with Gasteiger partial charge in [-0.25, -0.2) is 9.97 Å². The summed E-state index contributed by atoms with van der Waals surface area (Å²) >= 11 is 5.97. The molecule has 0 aromatic carbocycles. The van der Waals surface area contributed by atoms with Crippen LogP contribution < -0.4 is 10.6 Å². The molecule has 1 aliphatic rings. The van der Waals surface area contributed by atoms with Crippen molar-refractivity contribution in [3.8, 4) is 0 Å². The lowest BCUT2D eigenvalue weighted by atomic mass is 9.64. The lowest BCUT2D eigenvalue weighted by Gasteiger charge is -2.49. The average Bonchev–Trinajstić information content (AvgIpc) is 2.29. The van der Waals surface area contributed by atoms with Crippen LogP contribution >= 0.6 is 11.6 Å². The van der Waals surface area contributed by atoms with Crippen LogP contribution in [0, 0.1) is 5.41 Å².